The first-order valence-electron chi connectivity index (χ1n) is 7.33. The topological polar surface area (TPSA) is 89.0 Å². The monoisotopic (exact) mass is 314 g/mol. The third kappa shape index (κ3) is 4.34. The van der Waals surface area contributed by atoms with Crippen LogP contribution in [0.1, 0.15) is 33.1 Å². The molecule has 0 spiro atoms. The molecule has 2 atom stereocenters. The van der Waals surface area contributed by atoms with Gasteiger partial charge >= 0.3 is 5.69 Å². The molecule has 1 aliphatic heterocycles. The summed E-state index contributed by atoms with van der Waals surface area (Å²) in [5.41, 5.74) is -0.230. The van der Waals surface area contributed by atoms with Crippen molar-refractivity contribution in [2.45, 2.75) is 56.2 Å². The van der Waals surface area contributed by atoms with Gasteiger partial charge in [0, 0.05) is 19.7 Å². The molecule has 1 saturated heterocycles. The van der Waals surface area contributed by atoms with E-state index in [9.17, 15) is 9.59 Å². The van der Waals surface area contributed by atoms with E-state index < -0.39 is 0 Å². The summed E-state index contributed by atoms with van der Waals surface area (Å²) in [4.78, 5) is 23.7. The first-order valence-corrected chi connectivity index (χ1v) is 8.21. The quantitative estimate of drug-likeness (QED) is 0.725. The minimum atomic E-state index is -0.308. The minimum Gasteiger partial charge on any atom is -0.376 e. The Balaban J connectivity index is 1.86. The molecule has 1 fully saturated rings. The van der Waals surface area contributed by atoms with Crippen LogP contribution in [-0.4, -0.2) is 45.2 Å². The van der Waals surface area contributed by atoms with Gasteiger partial charge in [0.25, 0.3) is 0 Å². The Morgan fingerprint density at radius 3 is 3.14 bits per heavy atom. The molecule has 2 rings (SSSR count). The van der Waals surface area contributed by atoms with Gasteiger partial charge < -0.3 is 10.1 Å². The summed E-state index contributed by atoms with van der Waals surface area (Å²) in [7, 11) is 0. The molecule has 2 N–H and O–H groups in total. The van der Waals surface area contributed by atoms with Gasteiger partial charge in [0.15, 0.2) is 5.16 Å². The average molecular weight is 314 g/mol. The van der Waals surface area contributed by atoms with Crippen molar-refractivity contribution >= 4 is 17.7 Å². The van der Waals surface area contributed by atoms with Crippen LogP contribution in [0.25, 0.3) is 0 Å². The van der Waals surface area contributed by atoms with E-state index in [1.54, 1.807) is 4.57 Å². The second-order valence-corrected chi connectivity index (χ2v) is 6.41. The second-order valence-electron chi connectivity index (χ2n) is 5.10. The lowest BCUT2D eigenvalue weighted by molar-refractivity contribution is -0.120. The fourth-order valence-corrected chi connectivity index (χ4v) is 3.10. The van der Waals surface area contributed by atoms with Crippen LogP contribution in [0.5, 0.6) is 0 Å². The predicted octanol–water partition coefficient (Wildman–Crippen LogP) is 0.757. The summed E-state index contributed by atoms with van der Waals surface area (Å²) in [6.07, 6.45) is 3.03. The van der Waals surface area contributed by atoms with Gasteiger partial charge in [-0.25, -0.2) is 9.89 Å². The highest BCUT2D eigenvalue weighted by atomic mass is 32.2. The normalized spacial score (nSPS) is 19.6. The van der Waals surface area contributed by atoms with Crippen molar-refractivity contribution in [1.29, 1.82) is 0 Å². The third-order valence-electron chi connectivity index (χ3n) is 3.35. The van der Waals surface area contributed by atoms with E-state index in [1.165, 1.54) is 11.8 Å². The SMILES string of the molecule is CCCn1c(S[C@H](C)C(=O)NC[C@@H]2CCCO2)n[nH]c1=O. The summed E-state index contributed by atoms with van der Waals surface area (Å²) in [6, 6.07) is 0. The summed E-state index contributed by atoms with van der Waals surface area (Å²) >= 11 is 1.29. The number of carbonyl (C=O) groups is 1. The highest BCUT2D eigenvalue weighted by molar-refractivity contribution is 8.00. The molecule has 1 amide bonds. The van der Waals surface area contributed by atoms with E-state index >= 15 is 0 Å². The second kappa shape index (κ2) is 7.65. The van der Waals surface area contributed by atoms with Crippen molar-refractivity contribution in [2.75, 3.05) is 13.2 Å². The zero-order chi connectivity index (χ0) is 15.2. The van der Waals surface area contributed by atoms with Crippen molar-refractivity contribution in [3.63, 3.8) is 0 Å². The average Bonchev–Trinajstić information content (AvgIpc) is 3.09. The number of H-pyrrole nitrogens is 1. The van der Waals surface area contributed by atoms with Crippen LogP contribution in [0.4, 0.5) is 0 Å². The lowest BCUT2D eigenvalue weighted by atomic mass is 10.2. The lowest BCUT2D eigenvalue weighted by Gasteiger charge is -2.14. The lowest BCUT2D eigenvalue weighted by Crippen LogP contribution is -2.36. The molecule has 7 nitrogen and oxygen atoms in total. The predicted molar refractivity (Wildman–Crippen MR) is 80.4 cm³/mol. The van der Waals surface area contributed by atoms with Gasteiger partial charge in [-0.2, -0.15) is 0 Å². The van der Waals surface area contributed by atoms with Crippen LogP contribution in [0, 0.1) is 0 Å². The number of amides is 1. The number of rotatable bonds is 7. The number of carbonyl (C=O) groups excluding carboxylic acids is 1. The molecule has 0 unspecified atom stereocenters. The van der Waals surface area contributed by atoms with Gasteiger partial charge in [-0.3, -0.25) is 9.36 Å². The number of aromatic nitrogens is 3. The Morgan fingerprint density at radius 2 is 2.48 bits per heavy atom. The van der Waals surface area contributed by atoms with Crippen LogP contribution in [-0.2, 0) is 16.1 Å². The molecule has 0 radical (unpaired) electrons. The van der Waals surface area contributed by atoms with Gasteiger partial charge in [0.05, 0.1) is 11.4 Å². The number of hydrogen-bond acceptors (Lipinski definition) is 5. The highest BCUT2D eigenvalue weighted by Gasteiger charge is 2.21. The number of nitrogens with zero attached hydrogens (tertiary/aromatic N) is 2. The van der Waals surface area contributed by atoms with Gasteiger partial charge in [-0.1, -0.05) is 18.7 Å². The molecule has 1 aliphatic rings. The maximum Gasteiger partial charge on any atom is 0.343 e. The number of ether oxygens (including phenoxy) is 1. The van der Waals surface area contributed by atoms with E-state index in [0.29, 0.717) is 18.2 Å². The van der Waals surface area contributed by atoms with E-state index in [-0.39, 0.29) is 23.0 Å². The molecular weight excluding hydrogens is 292 g/mol. The molecule has 0 saturated carbocycles. The molecule has 0 aromatic carbocycles. The number of hydrogen-bond donors (Lipinski definition) is 2. The molecule has 2 heterocycles. The van der Waals surface area contributed by atoms with Gasteiger partial charge in [0.1, 0.15) is 0 Å². The standard InChI is InChI=1S/C13H22N4O3S/c1-3-6-17-12(19)15-16-13(17)21-9(2)11(18)14-8-10-5-4-7-20-10/h9-10H,3-8H2,1-2H3,(H,14,18)(H,15,19)/t9-,10+/m1/s1. The molecule has 0 bridgehead atoms. The van der Waals surface area contributed by atoms with E-state index in [4.69, 9.17) is 4.74 Å². The Morgan fingerprint density at radius 1 is 1.67 bits per heavy atom. The number of aromatic amines is 1. The first-order chi connectivity index (χ1) is 10.1. The van der Waals surface area contributed by atoms with Crippen molar-refractivity contribution in [3.05, 3.63) is 10.5 Å². The van der Waals surface area contributed by atoms with Crippen LogP contribution in [0.15, 0.2) is 9.95 Å². The third-order valence-corrected chi connectivity index (χ3v) is 4.44. The van der Waals surface area contributed by atoms with E-state index in [1.807, 2.05) is 13.8 Å². The van der Waals surface area contributed by atoms with Crippen molar-refractivity contribution in [3.8, 4) is 0 Å². The van der Waals surface area contributed by atoms with Crippen LogP contribution < -0.4 is 11.0 Å². The van der Waals surface area contributed by atoms with Crippen molar-refractivity contribution < 1.29 is 9.53 Å². The smallest absolute Gasteiger partial charge is 0.343 e. The summed E-state index contributed by atoms with van der Waals surface area (Å²) in [5.74, 6) is -0.0611. The fraction of sp³-hybridized carbons (Fsp3) is 0.769. The molecule has 0 aliphatic carbocycles. The molecule has 8 heteroatoms. The number of nitrogens with one attached hydrogen (secondary N) is 2. The Hall–Kier alpha value is -1.28. The summed E-state index contributed by atoms with van der Waals surface area (Å²) < 4.78 is 7.04. The maximum atomic E-state index is 12.1. The van der Waals surface area contributed by atoms with Gasteiger partial charge in [-0.15, -0.1) is 5.10 Å². The Bertz CT molecular complexity index is 522. The maximum absolute atomic E-state index is 12.1. The largest absolute Gasteiger partial charge is 0.376 e. The van der Waals surface area contributed by atoms with Crippen molar-refractivity contribution in [2.24, 2.45) is 0 Å². The fourth-order valence-electron chi connectivity index (χ4n) is 2.19. The highest BCUT2D eigenvalue weighted by Crippen LogP contribution is 2.20. The van der Waals surface area contributed by atoms with Gasteiger partial charge in [0.2, 0.25) is 5.91 Å². The molecule has 1 aromatic heterocycles. The van der Waals surface area contributed by atoms with Crippen molar-refractivity contribution in [1.82, 2.24) is 20.1 Å². The molecule has 1 aromatic rings. The van der Waals surface area contributed by atoms with Crippen LogP contribution in [0.3, 0.4) is 0 Å². The minimum absolute atomic E-state index is 0.0611. The van der Waals surface area contributed by atoms with Crippen LogP contribution in [0.2, 0.25) is 0 Å². The number of thioether (sulfide) groups is 1. The van der Waals surface area contributed by atoms with Crippen LogP contribution >= 0.6 is 11.8 Å². The summed E-state index contributed by atoms with van der Waals surface area (Å²) in [6.45, 7) is 5.73. The molecule has 118 valence electrons. The molecular formula is C13H22N4O3S. The summed E-state index contributed by atoms with van der Waals surface area (Å²) in [5, 5.41) is 9.55. The zero-order valence-electron chi connectivity index (χ0n) is 12.4. The van der Waals surface area contributed by atoms with E-state index in [0.717, 1.165) is 25.9 Å². The Labute approximate surface area is 127 Å². The first kappa shape index (κ1) is 16.1. The van der Waals surface area contributed by atoms with Gasteiger partial charge in [-0.05, 0) is 26.2 Å². The molecule has 21 heavy (non-hydrogen) atoms. The Kier molecular flexibility index (Phi) is 5.86. The van der Waals surface area contributed by atoms with E-state index in [2.05, 4.69) is 15.5 Å². The zero-order valence-corrected chi connectivity index (χ0v) is 13.2.